The van der Waals surface area contributed by atoms with Gasteiger partial charge in [0, 0.05) is 6.42 Å². The van der Waals surface area contributed by atoms with E-state index in [-0.39, 0.29) is 17.8 Å². The first kappa shape index (κ1) is 17.4. The van der Waals surface area contributed by atoms with E-state index in [1.165, 1.54) is 18.9 Å². The molecule has 1 heterocycles. The molecule has 3 nitrogen and oxygen atoms in total. The molecule has 4 unspecified atom stereocenters. The van der Waals surface area contributed by atoms with Gasteiger partial charge in [-0.25, -0.2) is 4.39 Å². The molecular weight excluding hydrogens is 303 g/mol. The lowest BCUT2D eigenvalue weighted by Gasteiger charge is -2.33. The third-order valence-electron chi connectivity index (χ3n) is 5.87. The van der Waals surface area contributed by atoms with Crippen molar-refractivity contribution in [1.29, 1.82) is 0 Å². The highest BCUT2D eigenvalue weighted by Crippen LogP contribution is 2.35. The maximum atomic E-state index is 14.0. The Balaban J connectivity index is 1.64. The van der Waals surface area contributed by atoms with Crippen molar-refractivity contribution in [3.63, 3.8) is 0 Å². The summed E-state index contributed by atoms with van der Waals surface area (Å²) in [5.74, 6) is 1.26. The van der Waals surface area contributed by atoms with E-state index in [0.717, 1.165) is 37.1 Å². The summed E-state index contributed by atoms with van der Waals surface area (Å²) in [4.78, 5) is 12.6. The fourth-order valence-electron chi connectivity index (χ4n) is 4.25. The molecule has 1 aliphatic carbocycles. The van der Waals surface area contributed by atoms with Crippen LogP contribution in [0.3, 0.4) is 0 Å². The number of hydrogen-bond acceptors (Lipinski definition) is 2. The zero-order chi connectivity index (χ0) is 17.1. The van der Waals surface area contributed by atoms with Gasteiger partial charge in [0.25, 0.3) is 0 Å². The van der Waals surface area contributed by atoms with E-state index in [4.69, 9.17) is 0 Å². The lowest BCUT2D eigenvalue weighted by molar-refractivity contribution is -0.123. The summed E-state index contributed by atoms with van der Waals surface area (Å²) in [5, 5.41) is 6.62. The number of rotatable bonds is 4. The molecule has 1 aromatic rings. The van der Waals surface area contributed by atoms with Crippen molar-refractivity contribution in [3.8, 4) is 0 Å². The van der Waals surface area contributed by atoms with Gasteiger partial charge in [-0.3, -0.25) is 4.79 Å². The number of carbonyl (C=O) groups excluding carboxylic acids is 1. The highest BCUT2D eigenvalue weighted by Gasteiger charge is 2.30. The summed E-state index contributed by atoms with van der Waals surface area (Å²) < 4.78 is 14.0. The number of carbonyl (C=O) groups is 1. The van der Waals surface area contributed by atoms with Crippen molar-refractivity contribution in [2.24, 2.45) is 17.8 Å². The van der Waals surface area contributed by atoms with Gasteiger partial charge in [0.15, 0.2) is 0 Å². The third-order valence-corrected chi connectivity index (χ3v) is 5.87. The van der Waals surface area contributed by atoms with E-state index in [0.29, 0.717) is 24.2 Å². The van der Waals surface area contributed by atoms with Crippen molar-refractivity contribution in [1.82, 2.24) is 10.6 Å². The number of piperidine rings is 1. The molecule has 2 N–H and O–H groups in total. The summed E-state index contributed by atoms with van der Waals surface area (Å²) >= 11 is 0. The van der Waals surface area contributed by atoms with E-state index in [2.05, 4.69) is 24.5 Å². The average molecular weight is 332 g/mol. The zero-order valence-corrected chi connectivity index (χ0v) is 14.8. The van der Waals surface area contributed by atoms with Crippen molar-refractivity contribution in [2.75, 3.05) is 13.1 Å². The Morgan fingerprint density at radius 2 is 2.25 bits per heavy atom. The van der Waals surface area contributed by atoms with Crippen LogP contribution in [0.2, 0.25) is 0 Å². The SMILES string of the molecule is CC(CC(=O)NC1c2cccc(F)c2CCC1C)C1CCCNC1. The first-order valence-corrected chi connectivity index (χ1v) is 9.33. The third kappa shape index (κ3) is 3.80. The molecule has 1 amide bonds. The van der Waals surface area contributed by atoms with Gasteiger partial charge in [-0.15, -0.1) is 0 Å². The van der Waals surface area contributed by atoms with Crippen LogP contribution < -0.4 is 10.6 Å². The molecule has 4 atom stereocenters. The van der Waals surface area contributed by atoms with Crippen LogP contribution in [-0.4, -0.2) is 19.0 Å². The molecular formula is C20H29FN2O. The molecule has 24 heavy (non-hydrogen) atoms. The zero-order valence-electron chi connectivity index (χ0n) is 14.8. The quantitative estimate of drug-likeness (QED) is 0.885. The molecule has 132 valence electrons. The second-order valence-electron chi connectivity index (χ2n) is 7.66. The van der Waals surface area contributed by atoms with Crippen LogP contribution >= 0.6 is 0 Å². The molecule has 0 saturated carbocycles. The first-order valence-electron chi connectivity index (χ1n) is 9.33. The van der Waals surface area contributed by atoms with Crippen LogP contribution in [0.4, 0.5) is 4.39 Å². The van der Waals surface area contributed by atoms with E-state index < -0.39 is 0 Å². The van der Waals surface area contributed by atoms with Crippen molar-refractivity contribution in [3.05, 3.63) is 35.1 Å². The minimum Gasteiger partial charge on any atom is -0.349 e. The van der Waals surface area contributed by atoms with Gasteiger partial charge in [-0.1, -0.05) is 26.0 Å². The predicted molar refractivity (Wildman–Crippen MR) is 94.1 cm³/mol. The fourth-order valence-corrected chi connectivity index (χ4v) is 4.25. The summed E-state index contributed by atoms with van der Waals surface area (Å²) in [7, 11) is 0. The normalized spacial score (nSPS) is 28.0. The average Bonchev–Trinajstić information content (AvgIpc) is 2.58. The number of benzene rings is 1. The second kappa shape index (κ2) is 7.64. The number of halogens is 1. The van der Waals surface area contributed by atoms with Crippen LogP contribution in [0, 0.1) is 23.6 Å². The fraction of sp³-hybridized carbons (Fsp3) is 0.650. The van der Waals surface area contributed by atoms with E-state index in [1.54, 1.807) is 6.07 Å². The Morgan fingerprint density at radius 1 is 1.42 bits per heavy atom. The summed E-state index contributed by atoms with van der Waals surface area (Å²) in [6, 6.07) is 5.18. The highest BCUT2D eigenvalue weighted by molar-refractivity contribution is 5.76. The molecule has 0 aromatic heterocycles. The lowest BCUT2D eigenvalue weighted by Crippen LogP contribution is -2.38. The standard InChI is InChI=1S/C20H29FN2O/c1-13-8-9-16-17(6-3-7-18(16)21)20(13)23-19(24)11-14(2)15-5-4-10-22-12-15/h3,6-7,13-15,20,22H,4-5,8-12H2,1-2H3,(H,23,24). The smallest absolute Gasteiger partial charge is 0.220 e. The first-order chi connectivity index (χ1) is 11.6. The van der Waals surface area contributed by atoms with Crippen LogP contribution in [0.25, 0.3) is 0 Å². The summed E-state index contributed by atoms with van der Waals surface area (Å²) in [5.41, 5.74) is 1.75. The van der Waals surface area contributed by atoms with Gasteiger partial charge in [-0.2, -0.15) is 0 Å². The van der Waals surface area contributed by atoms with Crippen LogP contribution in [0.1, 0.15) is 56.7 Å². The van der Waals surface area contributed by atoms with Gasteiger partial charge >= 0.3 is 0 Å². The molecule has 2 aliphatic rings. The Morgan fingerprint density at radius 3 is 3.00 bits per heavy atom. The van der Waals surface area contributed by atoms with Crippen LogP contribution in [0.15, 0.2) is 18.2 Å². The summed E-state index contributed by atoms with van der Waals surface area (Å²) in [6.07, 6.45) is 4.64. The minimum absolute atomic E-state index is 0.0615. The molecule has 3 rings (SSSR count). The van der Waals surface area contributed by atoms with Crippen LogP contribution in [-0.2, 0) is 11.2 Å². The Kier molecular flexibility index (Phi) is 5.54. The second-order valence-corrected chi connectivity index (χ2v) is 7.66. The number of nitrogens with one attached hydrogen (secondary N) is 2. The monoisotopic (exact) mass is 332 g/mol. The van der Waals surface area contributed by atoms with E-state index >= 15 is 0 Å². The Labute approximate surface area is 144 Å². The molecule has 0 bridgehead atoms. The largest absolute Gasteiger partial charge is 0.349 e. The molecule has 0 radical (unpaired) electrons. The van der Waals surface area contributed by atoms with Crippen LogP contribution in [0.5, 0.6) is 0 Å². The Hall–Kier alpha value is -1.42. The topological polar surface area (TPSA) is 41.1 Å². The van der Waals surface area contributed by atoms with Gasteiger partial charge in [0.2, 0.25) is 5.91 Å². The lowest BCUT2D eigenvalue weighted by atomic mass is 9.80. The van der Waals surface area contributed by atoms with Gasteiger partial charge in [-0.05, 0) is 73.7 Å². The molecule has 1 fully saturated rings. The number of fused-ring (bicyclic) bond motifs is 1. The minimum atomic E-state index is -0.139. The predicted octanol–water partition coefficient (Wildman–Crippen LogP) is 3.59. The van der Waals surface area contributed by atoms with Crippen molar-refractivity contribution < 1.29 is 9.18 Å². The molecule has 1 aromatic carbocycles. The maximum Gasteiger partial charge on any atom is 0.220 e. The Bertz CT molecular complexity index is 583. The molecule has 1 aliphatic heterocycles. The van der Waals surface area contributed by atoms with Gasteiger partial charge < -0.3 is 10.6 Å². The van der Waals surface area contributed by atoms with Crippen molar-refractivity contribution in [2.45, 2.75) is 52.0 Å². The van der Waals surface area contributed by atoms with E-state index in [9.17, 15) is 9.18 Å². The van der Waals surface area contributed by atoms with Gasteiger partial charge in [0.1, 0.15) is 5.82 Å². The number of hydrogen-bond donors (Lipinski definition) is 2. The van der Waals surface area contributed by atoms with Crippen molar-refractivity contribution >= 4 is 5.91 Å². The molecule has 1 saturated heterocycles. The molecule has 4 heteroatoms. The van der Waals surface area contributed by atoms with E-state index in [1.807, 2.05) is 6.07 Å². The van der Waals surface area contributed by atoms with Gasteiger partial charge in [0.05, 0.1) is 6.04 Å². The maximum absolute atomic E-state index is 14.0. The number of amides is 1. The highest BCUT2D eigenvalue weighted by atomic mass is 19.1. The molecule has 0 spiro atoms. The summed E-state index contributed by atoms with van der Waals surface area (Å²) in [6.45, 7) is 6.43.